The van der Waals surface area contributed by atoms with Crippen molar-refractivity contribution in [1.82, 2.24) is 15.0 Å². The molecule has 1 saturated heterocycles. The molecule has 2 aromatic heterocycles. The highest BCUT2D eigenvalue weighted by molar-refractivity contribution is 5.93. The summed E-state index contributed by atoms with van der Waals surface area (Å²) in [6, 6.07) is 11.3. The van der Waals surface area contributed by atoms with Crippen LogP contribution in [0, 0.1) is 5.82 Å². The smallest absolute Gasteiger partial charge is 0.276 e. The van der Waals surface area contributed by atoms with Crippen molar-refractivity contribution in [1.29, 1.82) is 0 Å². The fourth-order valence-electron chi connectivity index (χ4n) is 2.90. The molecular formula is C19H16FN3O3. The number of carbonyl (C=O) groups is 1. The van der Waals surface area contributed by atoms with Gasteiger partial charge in [0, 0.05) is 30.6 Å². The average molecular weight is 353 g/mol. The Labute approximate surface area is 149 Å². The Morgan fingerprint density at radius 2 is 2.08 bits per heavy atom. The Kier molecular flexibility index (Phi) is 4.45. The van der Waals surface area contributed by atoms with E-state index in [9.17, 15) is 9.18 Å². The molecule has 26 heavy (non-hydrogen) atoms. The van der Waals surface area contributed by atoms with Crippen LogP contribution in [0.25, 0.3) is 11.3 Å². The summed E-state index contributed by atoms with van der Waals surface area (Å²) in [6.07, 6.45) is 3.02. The van der Waals surface area contributed by atoms with E-state index >= 15 is 0 Å². The summed E-state index contributed by atoms with van der Waals surface area (Å²) in [5, 5.41) is 3.89. The Hall–Kier alpha value is -3.06. The molecule has 132 valence electrons. The van der Waals surface area contributed by atoms with Gasteiger partial charge in [0.05, 0.1) is 13.2 Å². The zero-order valence-electron chi connectivity index (χ0n) is 13.8. The number of nitrogens with zero attached hydrogens (tertiary/aromatic N) is 3. The van der Waals surface area contributed by atoms with Crippen LogP contribution in [0.3, 0.4) is 0 Å². The molecule has 1 aliphatic heterocycles. The van der Waals surface area contributed by atoms with Gasteiger partial charge in [0.25, 0.3) is 5.91 Å². The predicted octanol–water partition coefficient (Wildman–Crippen LogP) is 3.09. The topological polar surface area (TPSA) is 68.5 Å². The van der Waals surface area contributed by atoms with Crippen LogP contribution >= 0.6 is 0 Å². The number of halogens is 1. The molecule has 3 aromatic rings. The molecule has 7 heteroatoms. The fraction of sp³-hybridized carbons (Fsp3) is 0.211. The maximum Gasteiger partial charge on any atom is 0.276 e. The van der Waals surface area contributed by atoms with E-state index in [2.05, 4.69) is 10.1 Å². The summed E-state index contributed by atoms with van der Waals surface area (Å²) in [4.78, 5) is 18.4. The van der Waals surface area contributed by atoms with E-state index in [-0.39, 0.29) is 23.5 Å². The molecule has 0 N–H and O–H groups in total. The SMILES string of the molecule is O=C(c1cc(-c2cccnc2)on1)N1CCOC(c2ccc(F)cc2)C1. The summed E-state index contributed by atoms with van der Waals surface area (Å²) in [5.74, 6) is -0.0351. The number of aromatic nitrogens is 2. The van der Waals surface area contributed by atoms with Crippen LogP contribution in [-0.4, -0.2) is 40.6 Å². The second-order valence-corrected chi connectivity index (χ2v) is 5.98. The second kappa shape index (κ2) is 7.05. The largest absolute Gasteiger partial charge is 0.370 e. The minimum atomic E-state index is -0.303. The average Bonchev–Trinajstić information content (AvgIpc) is 3.19. The molecule has 1 atom stereocenters. The third-order valence-electron chi connectivity index (χ3n) is 4.27. The van der Waals surface area contributed by atoms with E-state index in [1.807, 2.05) is 6.07 Å². The number of morpholine rings is 1. The number of ether oxygens (including phenoxy) is 1. The van der Waals surface area contributed by atoms with E-state index in [0.29, 0.717) is 25.5 Å². The molecule has 0 aliphatic carbocycles. The van der Waals surface area contributed by atoms with Crippen molar-refractivity contribution in [3.05, 3.63) is 71.9 Å². The maximum atomic E-state index is 13.1. The lowest BCUT2D eigenvalue weighted by molar-refractivity contribution is -0.0231. The fourth-order valence-corrected chi connectivity index (χ4v) is 2.90. The third-order valence-corrected chi connectivity index (χ3v) is 4.27. The Bertz CT molecular complexity index is 896. The summed E-state index contributed by atoms with van der Waals surface area (Å²) in [7, 11) is 0. The van der Waals surface area contributed by atoms with Crippen molar-refractivity contribution in [2.75, 3.05) is 19.7 Å². The predicted molar refractivity (Wildman–Crippen MR) is 90.7 cm³/mol. The van der Waals surface area contributed by atoms with Crippen molar-refractivity contribution in [2.45, 2.75) is 6.10 Å². The molecule has 0 spiro atoms. The van der Waals surface area contributed by atoms with Crippen LogP contribution in [0.4, 0.5) is 4.39 Å². The molecular weight excluding hydrogens is 337 g/mol. The zero-order chi connectivity index (χ0) is 17.9. The summed E-state index contributed by atoms with van der Waals surface area (Å²) in [5.41, 5.74) is 1.83. The zero-order valence-corrected chi connectivity index (χ0v) is 13.8. The molecule has 0 radical (unpaired) electrons. The molecule has 1 unspecified atom stereocenters. The normalized spacial score (nSPS) is 17.3. The van der Waals surface area contributed by atoms with Crippen molar-refractivity contribution < 1.29 is 18.4 Å². The summed E-state index contributed by atoms with van der Waals surface area (Å²) < 4.78 is 24.1. The van der Waals surface area contributed by atoms with E-state index in [1.165, 1.54) is 12.1 Å². The molecule has 1 aliphatic rings. The molecule has 6 nitrogen and oxygen atoms in total. The quantitative estimate of drug-likeness (QED) is 0.724. The number of amides is 1. The third kappa shape index (κ3) is 3.34. The van der Waals surface area contributed by atoms with E-state index in [1.54, 1.807) is 41.6 Å². The minimum Gasteiger partial charge on any atom is -0.370 e. The van der Waals surface area contributed by atoms with Crippen molar-refractivity contribution in [2.24, 2.45) is 0 Å². The van der Waals surface area contributed by atoms with E-state index < -0.39 is 0 Å². The maximum absolute atomic E-state index is 13.1. The highest BCUT2D eigenvalue weighted by Crippen LogP contribution is 2.25. The first-order valence-corrected chi connectivity index (χ1v) is 8.24. The molecule has 3 heterocycles. The highest BCUT2D eigenvalue weighted by atomic mass is 19.1. The molecule has 0 saturated carbocycles. The van der Waals surface area contributed by atoms with Gasteiger partial charge in [-0.1, -0.05) is 17.3 Å². The van der Waals surface area contributed by atoms with E-state index in [0.717, 1.165) is 11.1 Å². The summed E-state index contributed by atoms with van der Waals surface area (Å²) in [6.45, 7) is 1.24. The first-order valence-electron chi connectivity index (χ1n) is 8.24. The number of carbonyl (C=O) groups excluding carboxylic acids is 1. The van der Waals surface area contributed by atoms with Gasteiger partial charge in [-0.05, 0) is 29.8 Å². The van der Waals surface area contributed by atoms with Gasteiger partial charge in [-0.3, -0.25) is 9.78 Å². The highest BCUT2D eigenvalue weighted by Gasteiger charge is 2.28. The monoisotopic (exact) mass is 353 g/mol. The van der Waals surface area contributed by atoms with Crippen LogP contribution in [-0.2, 0) is 4.74 Å². The Morgan fingerprint density at radius 3 is 2.85 bits per heavy atom. The van der Waals surface area contributed by atoms with Gasteiger partial charge < -0.3 is 14.2 Å². The van der Waals surface area contributed by atoms with Gasteiger partial charge >= 0.3 is 0 Å². The van der Waals surface area contributed by atoms with Crippen LogP contribution in [0.1, 0.15) is 22.2 Å². The van der Waals surface area contributed by atoms with Gasteiger partial charge in [-0.25, -0.2) is 4.39 Å². The first kappa shape index (κ1) is 16.4. The van der Waals surface area contributed by atoms with Crippen molar-refractivity contribution in [3.63, 3.8) is 0 Å². The lowest BCUT2D eigenvalue weighted by atomic mass is 10.1. The number of hydrogen-bond donors (Lipinski definition) is 0. The molecule has 1 aromatic carbocycles. The molecule has 1 fully saturated rings. The van der Waals surface area contributed by atoms with Gasteiger partial charge in [0.15, 0.2) is 11.5 Å². The second-order valence-electron chi connectivity index (χ2n) is 5.98. The standard InChI is InChI=1S/C19H16FN3O3/c20-15-5-3-13(4-6-15)18-12-23(8-9-25-18)19(24)16-10-17(26-22-16)14-2-1-7-21-11-14/h1-7,10-11,18H,8-9,12H2. The van der Waals surface area contributed by atoms with Gasteiger partial charge in [-0.2, -0.15) is 0 Å². The van der Waals surface area contributed by atoms with Crippen LogP contribution < -0.4 is 0 Å². The van der Waals surface area contributed by atoms with Crippen molar-refractivity contribution in [3.8, 4) is 11.3 Å². The van der Waals surface area contributed by atoms with E-state index in [4.69, 9.17) is 9.26 Å². The number of hydrogen-bond acceptors (Lipinski definition) is 5. The van der Waals surface area contributed by atoms with Crippen LogP contribution in [0.5, 0.6) is 0 Å². The van der Waals surface area contributed by atoms with Gasteiger partial charge in [-0.15, -0.1) is 0 Å². The number of benzene rings is 1. The lowest BCUT2D eigenvalue weighted by Gasteiger charge is -2.32. The lowest BCUT2D eigenvalue weighted by Crippen LogP contribution is -2.42. The van der Waals surface area contributed by atoms with Gasteiger partial charge in [0.1, 0.15) is 11.9 Å². The Balaban J connectivity index is 1.49. The molecule has 0 bridgehead atoms. The first-order chi connectivity index (χ1) is 12.7. The molecule has 4 rings (SSSR count). The number of rotatable bonds is 3. The van der Waals surface area contributed by atoms with Crippen LogP contribution in [0.15, 0.2) is 59.4 Å². The molecule has 1 amide bonds. The van der Waals surface area contributed by atoms with Crippen molar-refractivity contribution >= 4 is 5.91 Å². The van der Waals surface area contributed by atoms with Crippen LogP contribution in [0.2, 0.25) is 0 Å². The van der Waals surface area contributed by atoms with Gasteiger partial charge in [0.2, 0.25) is 0 Å². The number of pyridine rings is 1. The Morgan fingerprint density at radius 1 is 1.23 bits per heavy atom. The summed E-state index contributed by atoms with van der Waals surface area (Å²) >= 11 is 0. The minimum absolute atomic E-state index is 0.223.